The average Bonchev–Trinajstić information content (AvgIpc) is 2.67. The lowest BCUT2D eigenvalue weighted by molar-refractivity contribution is -0.0741. The number of pyridine rings is 1. The molecule has 0 radical (unpaired) electrons. The summed E-state index contributed by atoms with van der Waals surface area (Å²) in [5.41, 5.74) is 1.86. The van der Waals surface area contributed by atoms with Gasteiger partial charge in [-0.15, -0.1) is 0 Å². The highest BCUT2D eigenvalue weighted by Gasteiger charge is 2.44. The number of carbonyl (C=O) groups is 1. The first-order valence-corrected chi connectivity index (χ1v) is 9.43. The molecule has 3 aliphatic heterocycles. The Bertz CT molecular complexity index is 745. The summed E-state index contributed by atoms with van der Waals surface area (Å²) in [6, 6.07) is 11.3. The van der Waals surface area contributed by atoms with Gasteiger partial charge in [0.1, 0.15) is 6.10 Å². The molecule has 5 nitrogen and oxygen atoms in total. The Morgan fingerprint density at radius 1 is 1.23 bits per heavy atom. The number of hydrogen-bond acceptors (Lipinski definition) is 4. The molecule has 0 aliphatic carbocycles. The minimum absolute atomic E-state index is 0.0926. The van der Waals surface area contributed by atoms with E-state index < -0.39 is 6.09 Å². The number of hydrogen-bond donors (Lipinski definition) is 1. The van der Waals surface area contributed by atoms with E-state index >= 15 is 0 Å². The van der Waals surface area contributed by atoms with Crippen LogP contribution >= 0.6 is 11.6 Å². The van der Waals surface area contributed by atoms with Crippen molar-refractivity contribution in [1.82, 2.24) is 9.88 Å². The molecule has 0 saturated carbocycles. The zero-order valence-electron chi connectivity index (χ0n) is 14.5. The lowest BCUT2D eigenvalue weighted by atomic mass is 9.78. The molecule has 2 unspecified atom stereocenters. The van der Waals surface area contributed by atoms with E-state index in [0.29, 0.717) is 16.6 Å². The van der Waals surface area contributed by atoms with Crippen LogP contribution in [0.2, 0.25) is 5.02 Å². The van der Waals surface area contributed by atoms with Gasteiger partial charge >= 0.3 is 6.09 Å². The van der Waals surface area contributed by atoms with Crippen molar-refractivity contribution in [3.05, 3.63) is 59.4 Å². The standard InChI is InChI=1S/C20H22ClN3O2/c21-16-3-5-17(6-4-16)23-20(25)26-19-15-7-10-24(11-8-15)18(19)12-14-2-1-9-22-13-14/h1-6,9,13,15,18-19H,7-8,10-12H2,(H,23,25). The van der Waals surface area contributed by atoms with Crippen LogP contribution in [0.4, 0.5) is 10.5 Å². The molecule has 1 N–H and O–H groups in total. The Hall–Kier alpha value is -2.11. The van der Waals surface area contributed by atoms with Gasteiger partial charge in [-0.3, -0.25) is 15.2 Å². The highest BCUT2D eigenvalue weighted by molar-refractivity contribution is 6.30. The fourth-order valence-corrected chi connectivity index (χ4v) is 4.21. The number of nitrogens with zero attached hydrogens (tertiary/aromatic N) is 2. The van der Waals surface area contributed by atoms with Gasteiger partial charge in [0.15, 0.2) is 0 Å². The van der Waals surface area contributed by atoms with Crippen LogP contribution < -0.4 is 5.32 Å². The number of benzene rings is 1. The molecule has 3 fully saturated rings. The van der Waals surface area contributed by atoms with Crippen LogP contribution in [-0.4, -0.2) is 41.2 Å². The van der Waals surface area contributed by atoms with Gasteiger partial charge < -0.3 is 4.74 Å². The van der Waals surface area contributed by atoms with Gasteiger partial charge in [0.05, 0.1) is 6.04 Å². The van der Waals surface area contributed by atoms with Crippen molar-refractivity contribution in [2.75, 3.05) is 18.4 Å². The largest absolute Gasteiger partial charge is 0.444 e. The van der Waals surface area contributed by atoms with Crippen molar-refractivity contribution in [1.29, 1.82) is 0 Å². The van der Waals surface area contributed by atoms with Crippen LogP contribution in [0, 0.1) is 5.92 Å². The summed E-state index contributed by atoms with van der Waals surface area (Å²) in [5, 5.41) is 3.45. The Kier molecular flexibility index (Phi) is 5.09. The number of piperidine rings is 3. The number of aromatic nitrogens is 1. The third kappa shape index (κ3) is 3.84. The predicted octanol–water partition coefficient (Wildman–Crippen LogP) is 3.99. The Morgan fingerprint density at radius 3 is 2.69 bits per heavy atom. The summed E-state index contributed by atoms with van der Waals surface area (Å²) in [6.07, 6.45) is 6.21. The van der Waals surface area contributed by atoms with E-state index in [1.807, 2.05) is 12.3 Å². The number of carbonyl (C=O) groups excluding carboxylic acids is 1. The predicted molar refractivity (Wildman–Crippen MR) is 101 cm³/mol. The smallest absolute Gasteiger partial charge is 0.411 e. The molecule has 26 heavy (non-hydrogen) atoms. The molecular formula is C20H22ClN3O2. The van der Waals surface area contributed by atoms with Crippen molar-refractivity contribution in [2.45, 2.75) is 31.4 Å². The average molecular weight is 372 g/mol. The molecule has 2 atom stereocenters. The van der Waals surface area contributed by atoms with E-state index in [1.54, 1.807) is 30.5 Å². The van der Waals surface area contributed by atoms with Gasteiger partial charge in [-0.05, 0) is 68.2 Å². The van der Waals surface area contributed by atoms with Gasteiger partial charge in [-0.2, -0.15) is 0 Å². The molecule has 1 aromatic carbocycles. The molecule has 3 aliphatic rings. The van der Waals surface area contributed by atoms with Crippen LogP contribution in [0.15, 0.2) is 48.8 Å². The first kappa shape index (κ1) is 17.3. The molecule has 2 aromatic rings. The molecule has 3 saturated heterocycles. The molecular weight excluding hydrogens is 350 g/mol. The Balaban J connectivity index is 1.45. The quantitative estimate of drug-likeness (QED) is 0.882. The van der Waals surface area contributed by atoms with Crippen LogP contribution in [0.1, 0.15) is 18.4 Å². The maximum atomic E-state index is 12.4. The van der Waals surface area contributed by atoms with Crippen LogP contribution in [0.25, 0.3) is 0 Å². The fourth-order valence-electron chi connectivity index (χ4n) is 4.09. The second-order valence-corrected chi connectivity index (χ2v) is 7.44. The van der Waals surface area contributed by atoms with E-state index in [-0.39, 0.29) is 12.1 Å². The second kappa shape index (κ2) is 7.64. The van der Waals surface area contributed by atoms with Gasteiger partial charge in [-0.25, -0.2) is 4.79 Å². The third-order valence-electron chi connectivity index (χ3n) is 5.39. The SMILES string of the molecule is O=C(Nc1ccc(Cl)cc1)OC1C2CCN(CC2)C1Cc1cccnc1. The first-order chi connectivity index (χ1) is 12.7. The minimum Gasteiger partial charge on any atom is -0.444 e. The van der Waals surface area contributed by atoms with Crippen LogP contribution in [0.3, 0.4) is 0 Å². The summed E-state index contributed by atoms with van der Waals surface area (Å²) in [4.78, 5) is 19.1. The lowest BCUT2D eigenvalue weighted by Crippen LogP contribution is -2.60. The molecule has 136 valence electrons. The van der Waals surface area contributed by atoms with Crippen molar-refractivity contribution in [3.8, 4) is 0 Å². The third-order valence-corrected chi connectivity index (χ3v) is 5.64. The van der Waals surface area contributed by atoms with Crippen molar-refractivity contribution >= 4 is 23.4 Å². The van der Waals surface area contributed by atoms with Crippen LogP contribution in [-0.2, 0) is 11.2 Å². The number of amides is 1. The monoisotopic (exact) mass is 371 g/mol. The summed E-state index contributed by atoms with van der Waals surface area (Å²) >= 11 is 5.89. The van der Waals surface area contributed by atoms with E-state index in [1.165, 1.54) is 5.56 Å². The topological polar surface area (TPSA) is 54.5 Å². The van der Waals surface area contributed by atoms with E-state index in [0.717, 1.165) is 32.4 Å². The molecule has 2 bridgehead atoms. The molecule has 1 aromatic heterocycles. The summed E-state index contributed by atoms with van der Waals surface area (Å²) in [6.45, 7) is 2.16. The van der Waals surface area contributed by atoms with Crippen molar-refractivity contribution in [3.63, 3.8) is 0 Å². The molecule has 6 heteroatoms. The summed E-state index contributed by atoms with van der Waals surface area (Å²) in [7, 11) is 0. The number of fused-ring (bicyclic) bond motifs is 3. The Morgan fingerprint density at radius 2 is 2.00 bits per heavy atom. The van der Waals surface area contributed by atoms with Gasteiger partial charge in [0.25, 0.3) is 0 Å². The summed E-state index contributed by atoms with van der Waals surface area (Å²) in [5.74, 6) is 0.428. The summed E-state index contributed by atoms with van der Waals surface area (Å²) < 4.78 is 5.90. The normalized spacial score (nSPS) is 27.1. The molecule has 1 amide bonds. The van der Waals surface area contributed by atoms with E-state index in [2.05, 4.69) is 21.3 Å². The first-order valence-electron chi connectivity index (χ1n) is 9.05. The fraction of sp³-hybridized carbons (Fsp3) is 0.400. The van der Waals surface area contributed by atoms with Crippen LogP contribution in [0.5, 0.6) is 0 Å². The Labute approximate surface area is 158 Å². The molecule has 4 heterocycles. The van der Waals surface area contributed by atoms with Gasteiger partial charge in [-0.1, -0.05) is 17.7 Å². The molecule has 5 rings (SSSR count). The number of nitrogens with one attached hydrogen (secondary N) is 1. The number of anilines is 1. The van der Waals surface area contributed by atoms with Crippen molar-refractivity contribution in [2.24, 2.45) is 5.92 Å². The van der Waals surface area contributed by atoms with Crippen molar-refractivity contribution < 1.29 is 9.53 Å². The zero-order valence-corrected chi connectivity index (χ0v) is 15.2. The highest BCUT2D eigenvalue weighted by atomic mass is 35.5. The zero-order chi connectivity index (χ0) is 17.9. The van der Waals surface area contributed by atoms with Gasteiger partial charge in [0.2, 0.25) is 0 Å². The highest BCUT2D eigenvalue weighted by Crippen LogP contribution is 2.36. The minimum atomic E-state index is -0.401. The van der Waals surface area contributed by atoms with E-state index in [9.17, 15) is 4.79 Å². The maximum absolute atomic E-state index is 12.4. The van der Waals surface area contributed by atoms with E-state index in [4.69, 9.17) is 16.3 Å². The van der Waals surface area contributed by atoms with Gasteiger partial charge in [0, 0.05) is 29.0 Å². The second-order valence-electron chi connectivity index (χ2n) is 7.01. The number of ether oxygens (including phenoxy) is 1. The molecule has 0 spiro atoms. The maximum Gasteiger partial charge on any atom is 0.411 e. The number of halogens is 1. The number of rotatable bonds is 4. The lowest BCUT2D eigenvalue weighted by Gasteiger charge is -2.50.